The number of nitrogens with one attached hydrogen (secondary N) is 2. The first-order valence-electron chi connectivity index (χ1n) is 7.22. The maximum Gasteiger partial charge on any atom is 0.319 e. The number of carbonyl (C=O) groups excluding carboxylic acids is 1. The third-order valence-electron chi connectivity index (χ3n) is 3.39. The number of hydrogen-bond donors (Lipinski definition) is 2. The molecule has 0 aliphatic carbocycles. The lowest BCUT2D eigenvalue weighted by atomic mass is 10.1. The number of rotatable bonds is 4. The standard InChI is InChI=1S/C17H18N2O3/c1-12(18-17(20)19-14-5-3-2-4-6-14)9-13-7-8-15-16(10-13)22-11-21-15/h2-8,10,12H,9,11H2,1H3,(H2,18,19,20). The Balaban J connectivity index is 1.54. The number of hydrogen-bond acceptors (Lipinski definition) is 3. The first-order valence-corrected chi connectivity index (χ1v) is 7.22. The second kappa shape index (κ2) is 6.39. The fraction of sp³-hybridized carbons (Fsp3) is 0.235. The molecule has 1 heterocycles. The summed E-state index contributed by atoms with van der Waals surface area (Å²) < 4.78 is 10.6. The van der Waals surface area contributed by atoms with Crippen molar-refractivity contribution in [2.45, 2.75) is 19.4 Å². The Hall–Kier alpha value is -2.69. The molecule has 5 heteroatoms. The third kappa shape index (κ3) is 3.49. The van der Waals surface area contributed by atoms with Gasteiger partial charge < -0.3 is 20.1 Å². The molecule has 2 aromatic rings. The average Bonchev–Trinajstić information content (AvgIpc) is 2.95. The minimum absolute atomic E-state index is 0.00378. The smallest absolute Gasteiger partial charge is 0.319 e. The van der Waals surface area contributed by atoms with Gasteiger partial charge in [0, 0.05) is 11.7 Å². The average molecular weight is 298 g/mol. The minimum Gasteiger partial charge on any atom is -0.454 e. The molecule has 1 unspecified atom stereocenters. The van der Waals surface area contributed by atoms with Crippen LogP contribution in [0.2, 0.25) is 0 Å². The summed E-state index contributed by atoms with van der Waals surface area (Å²) in [6.07, 6.45) is 0.721. The second-order valence-corrected chi connectivity index (χ2v) is 5.26. The van der Waals surface area contributed by atoms with Crippen molar-refractivity contribution in [2.24, 2.45) is 0 Å². The molecule has 2 N–H and O–H groups in total. The van der Waals surface area contributed by atoms with Crippen molar-refractivity contribution in [2.75, 3.05) is 12.1 Å². The van der Waals surface area contributed by atoms with Gasteiger partial charge in [0.05, 0.1) is 0 Å². The van der Waals surface area contributed by atoms with Crippen LogP contribution < -0.4 is 20.1 Å². The van der Waals surface area contributed by atoms with Crippen molar-refractivity contribution in [1.29, 1.82) is 0 Å². The number of para-hydroxylation sites is 1. The van der Waals surface area contributed by atoms with Crippen molar-refractivity contribution in [3.8, 4) is 11.5 Å². The van der Waals surface area contributed by atoms with Gasteiger partial charge >= 0.3 is 6.03 Å². The maximum atomic E-state index is 11.9. The monoisotopic (exact) mass is 298 g/mol. The summed E-state index contributed by atoms with van der Waals surface area (Å²) in [7, 11) is 0. The highest BCUT2D eigenvalue weighted by Crippen LogP contribution is 2.32. The summed E-state index contributed by atoms with van der Waals surface area (Å²) >= 11 is 0. The van der Waals surface area contributed by atoms with Gasteiger partial charge in [-0.05, 0) is 43.2 Å². The number of urea groups is 1. The van der Waals surface area contributed by atoms with E-state index in [0.717, 1.165) is 29.2 Å². The van der Waals surface area contributed by atoms with E-state index in [9.17, 15) is 4.79 Å². The number of anilines is 1. The summed E-state index contributed by atoms with van der Waals surface area (Å²) in [6.45, 7) is 2.24. The second-order valence-electron chi connectivity index (χ2n) is 5.26. The lowest BCUT2D eigenvalue weighted by Crippen LogP contribution is -2.37. The largest absolute Gasteiger partial charge is 0.454 e. The molecule has 1 aliphatic heterocycles. The Labute approximate surface area is 129 Å². The highest BCUT2D eigenvalue weighted by atomic mass is 16.7. The summed E-state index contributed by atoms with van der Waals surface area (Å²) in [5.74, 6) is 1.53. The molecule has 0 radical (unpaired) electrons. The summed E-state index contributed by atoms with van der Waals surface area (Å²) in [4.78, 5) is 11.9. The van der Waals surface area contributed by atoms with Crippen LogP contribution in [0.3, 0.4) is 0 Å². The molecule has 3 rings (SSSR count). The Morgan fingerprint density at radius 2 is 1.91 bits per heavy atom. The summed E-state index contributed by atoms with van der Waals surface area (Å²) in [6, 6.07) is 15.0. The zero-order valence-corrected chi connectivity index (χ0v) is 12.3. The first kappa shape index (κ1) is 14.3. The van der Waals surface area contributed by atoms with Gasteiger partial charge in [-0.15, -0.1) is 0 Å². The van der Waals surface area contributed by atoms with Crippen LogP contribution in [0.4, 0.5) is 10.5 Å². The van der Waals surface area contributed by atoms with Crippen molar-refractivity contribution < 1.29 is 14.3 Å². The summed E-state index contributed by atoms with van der Waals surface area (Å²) in [5, 5.41) is 5.73. The van der Waals surface area contributed by atoms with Gasteiger partial charge in [-0.3, -0.25) is 0 Å². The Bertz CT molecular complexity index is 658. The van der Waals surface area contributed by atoms with E-state index in [0.29, 0.717) is 0 Å². The fourth-order valence-corrected chi connectivity index (χ4v) is 2.38. The van der Waals surface area contributed by atoms with Gasteiger partial charge in [-0.25, -0.2) is 4.79 Å². The van der Waals surface area contributed by atoms with E-state index in [1.54, 1.807) is 0 Å². The summed E-state index contributed by atoms with van der Waals surface area (Å²) in [5.41, 5.74) is 1.87. The quantitative estimate of drug-likeness (QED) is 0.911. The van der Waals surface area contributed by atoms with E-state index in [1.807, 2.05) is 55.5 Å². The molecule has 0 saturated heterocycles. The molecule has 1 atom stereocenters. The topological polar surface area (TPSA) is 59.6 Å². The molecule has 0 bridgehead atoms. The van der Waals surface area contributed by atoms with Crippen LogP contribution in [0.25, 0.3) is 0 Å². The highest BCUT2D eigenvalue weighted by molar-refractivity contribution is 5.89. The van der Waals surface area contributed by atoms with Crippen LogP contribution in [-0.2, 0) is 6.42 Å². The maximum absolute atomic E-state index is 11.9. The minimum atomic E-state index is -0.209. The number of carbonyl (C=O) groups is 1. The molecule has 22 heavy (non-hydrogen) atoms. The molecule has 0 saturated carbocycles. The van der Waals surface area contributed by atoms with Crippen LogP contribution in [-0.4, -0.2) is 18.9 Å². The Morgan fingerprint density at radius 1 is 1.14 bits per heavy atom. The van der Waals surface area contributed by atoms with Crippen molar-refractivity contribution in [1.82, 2.24) is 5.32 Å². The molecular weight excluding hydrogens is 280 g/mol. The van der Waals surface area contributed by atoms with Crippen LogP contribution in [0.5, 0.6) is 11.5 Å². The molecular formula is C17H18N2O3. The molecule has 5 nitrogen and oxygen atoms in total. The normalized spacial score (nSPS) is 13.5. The zero-order chi connectivity index (χ0) is 15.4. The SMILES string of the molecule is CC(Cc1ccc2c(c1)OCO2)NC(=O)Nc1ccccc1. The van der Waals surface area contributed by atoms with E-state index in [4.69, 9.17) is 9.47 Å². The van der Waals surface area contributed by atoms with Crippen molar-refractivity contribution in [3.05, 3.63) is 54.1 Å². The van der Waals surface area contributed by atoms with Gasteiger partial charge in [-0.1, -0.05) is 24.3 Å². The Morgan fingerprint density at radius 3 is 2.73 bits per heavy atom. The molecule has 0 spiro atoms. The number of ether oxygens (including phenoxy) is 2. The van der Waals surface area contributed by atoms with Crippen LogP contribution in [0, 0.1) is 0 Å². The predicted molar refractivity (Wildman–Crippen MR) is 84.3 cm³/mol. The number of amides is 2. The lowest BCUT2D eigenvalue weighted by Gasteiger charge is -2.15. The van der Waals surface area contributed by atoms with Gasteiger partial charge in [0.25, 0.3) is 0 Å². The van der Waals surface area contributed by atoms with Crippen LogP contribution in [0.1, 0.15) is 12.5 Å². The van der Waals surface area contributed by atoms with E-state index in [-0.39, 0.29) is 18.9 Å². The third-order valence-corrected chi connectivity index (χ3v) is 3.39. The molecule has 114 valence electrons. The van der Waals surface area contributed by atoms with Gasteiger partial charge in [0.1, 0.15) is 0 Å². The van der Waals surface area contributed by atoms with Crippen LogP contribution >= 0.6 is 0 Å². The van der Waals surface area contributed by atoms with E-state index < -0.39 is 0 Å². The number of benzene rings is 2. The predicted octanol–water partition coefficient (Wildman–Crippen LogP) is 3.17. The van der Waals surface area contributed by atoms with E-state index in [1.165, 1.54) is 0 Å². The zero-order valence-electron chi connectivity index (χ0n) is 12.3. The van der Waals surface area contributed by atoms with Gasteiger partial charge in [0.2, 0.25) is 6.79 Å². The lowest BCUT2D eigenvalue weighted by molar-refractivity contribution is 0.174. The van der Waals surface area contributed by atoms with Crippen LogP contribution in [0.15, 0.2) is 48.5 Å². The molecule has 0 aromatic heterocycles. The molecule has 0 fully saturated rings. The molecule has 2 aromatic carbocycles. The highest BCUT2D eigenvalue weighted by Gasteiger charge is 2.15. The fourth-order valence-electron chi connectivity index (χ4n) is 2.38. The Kier molecular flexibility index (Phi) is 4.14. The van der Waals surface area contributed by atoms with Crippen molar-refractivity contribution in [3.63, 3.8) is 0 Å². The number of fused-ring (bicyclic) bond motifs is 1. The first-order chi connectivity index (χ1) is 10.7. The molecule has 2 amide bonds. The van der Waals surface area contributed by atoms with Crippen molar-refractivity contribution >= 4 is 11.7 Å². The van der Waals surface area contributed by atoms with E-state index >= 15 is 0 Å². The van der Waals surface area contributed by atoms with Gasteiger partial charge in [-0.2, -0.15) is 0 Å². The molecule has 1 aliphatic rings. The van der Waals surface area contributed by atoms with Gasteiger partial charge in [0.15, 0.2) is 11.5 Å². The van der Waals surface area contributed by atoms with E-state index in [2.05, 4.69) is 10.6 Å².